The summed E-state index contributed by atoms with van der Waals surface area (Å²) in [6.07, 6.45) is 2.91. The van der Waals surface area contributed by atoms with Crippen molar-refractivity contribution < 1.29 is 13.9 Å². The van der Waals surface area contributed by atoms with Gasteiger partial charge in [0.2, 0.25) is 0 Å². The number of hydrogen-bond donors (Lipinski definition) is 0. The number of nitriles is 1. The van der Waals surface area contributed by atoms with Crippen molar-refractivity contribution in [1.29, 1.82) is 5.26 Å². The number of likely N-dealkylation sites (N-methyl/N-ethyl adjacent to an activating group) is 1. The van der Waals surface area contributed by atoms with Crippen molar-refractivity contribution in [2.75, 3.05) is 56.2 Å². The third-order valence-electron chi connectivity index (χ3n) is 8.95. The van der Waals surface area contributed by atoms with E-state index >= 15 is 0 Å². The Morgan fingerprint density at radius 3 is 2.73 bits per heavy atom. The smallest absolute Gasteiger partial charge is 0.318 e. The molecule has 0 N–H and O–H groups in total. The Labute approximate surface area is 266 Å². The molecule has 2 aromatic carbocycles. The predicted octanol–water partition coefficient (Wildman–Crippen LogP) is 5.39. The lowest BCUT2D eigenvalue weighted by atomic mass is 10.0. The number of benzene rings is 2. The Morgan fingerprint density at radius 1 is 1.14 bits per heavy atom. The van der Waals surface area contributed by atoms with Crippen molar-refractivity contribution in [1.82, 2.24) is 19.8 Å². The number of carbonyl (C=O) groups excluding carboxylic acids is 1. The number of aromatic nitrogens is 2. The maximum absolute atomic E-state index is 13.8. The summed E-state index contributed by atoms with van der Waals surface area (Å²) in [5.41, 5.74) is 2.82. The van der Waals surface area contributed by atoms with Gasteiger partial charge in [-0.05, 0) is 50.4 Å². The highest BCUT2D eigenvalue weighted by Gasteiger charge is 2.35. The molecule has 44 heavy (non-hydrogen) atoms. The van der Waals surface area contributed by atoms with E-state index < -0.39 is 17.8 Å². The third kappa shape index (κ3) is 5.88. The van der Waals surface area contributed by atoms with Gasteiger partial charge in [0.15, 0.2) is 5.83 Å². The molecule has 2 saturated heterocycles. The molecular weight excluding hydrogens is 604 g/mol. The zero-order chi connectivity index (χ0) is 31.0. The molecule has 0 aliphatic carbocycles. The molecule has 0 spiro atoms. The van der Waals surface area contributed by atoms with E-state index in [4.69, 9.17) is 37.9 Å². The highest BCUT2D eigenvalue weighted by atomic mass is 35.5. The first-order valence-electron chi connectivity index (χ1n) is 14.9. The van der Waals surface area contributed by atoms with Crippen LogP contribution >= 0.6 is 23.2 Å². The van der Waals surface area contributed by atoms with Crippen LogP contribution in [-0.2, 0) is 17.8 Å². The fraction of sp³-hybridized carbons (Fsp3) is 0.438. The number of hydrogen-bond acceptors (Lipinski definition) is 8. The van der Waals surface area contributed by atoms with E-state index in [-0.39, 0.29) is 13.0 Å². The van der Waals surface area contributed by atoms with Crippen molar-refractivity contribution in [3.8, 4) is 12.1 Å². The number of ether oxygens (including phenoxy) is 1. The van der Waals surface area contributed by atoms with Gasteiger partial charge in [-0.25, -0.2) is 4.39 Å². The van der Waals surface area contributed by atoms with Crippen LogP contribution in [0.25, 0.3) is 10.8 Å². The fourth-order valence-electron chi connectivity index (χ4n) is 6.59. The fourth-order valence-corrected chi connectivity index (χ4v) is 7.01. The predicted molar refractivity (Wildman–Crippen MR) is 170 cm³/mol. The van der Waals surface area contributed by atoms with Crippen LogP contribution in [0.15, 0.2) is 42.7 Å². The molecule has 0 saturated carbocycles. The number of anilines is 2. The zero-order valence-corrected chi connectivity index (χ0v) is 26.1. The summed E-state index contributed by atoms with van der Waals surface area (Å²) >= 11 is 13.1. The molecule has 12 heteroatoms. The van der Waals surface area contributed by atoms with Gasteiger partial charge < -0.3 is 24.3 Å². The molecule has 2 atom stereocenters. The average Bonchev–Trinajstić information content (AvgIpc) is 3.44. The van der Waals surface area contributed by atoms with E-state index in [0.29, 0.717) is 61.3 Å². The summed E-state index contributed by atoms with van der Waals surface area (Å²) in [7, 11) is 2.10. The van der Waals surface area contributed by atoms with E-state index in [1.807, 2.05) is 30.3 Å². The Hall–Kier alpha value is -3.65. The van der Waals surface area contributed by atoms with Gasteiger partial charge in [-0.3, -0.25) is 4.79 Å². The van der Waals surface area contributed by atoms with E-state index in [0.717, 1.165) is 52.9 Å². The average molecular weight is 639 g/mol. The van der Waals surface area contributed by atoms with Crippen LogP contribution in [-0.4, -0.2) is 84.1 Å². The van der Waals surface area contributed by atoms with Crippen molar-refractivity contribution >= 4 is 51.4 Å². The normalized spacial score (nSPS) is 20.5. The molecule has 3 aliphatic rings. The highest BCUT2D eigenvalue weighted by Crippen LogP contribution is 2.40. The maximum atomic E-state index is 13.8. The summed E-state index contributed by atoms with van der Waals surface area (Å²) in [6.45, 7) is 6.90. The second kappa shape index (κ2) is 12.8. The van der Waals surface area contributed by atoms with E-state index in [9.17, 15) is 14.4 Å². The quantitative estimate of drug-likeness (QED) is 0.319. The van der Waals surface area contributed by atoms with Crippen LogP contribution in [0.3, 0.4) is 0 Å². The number of fused-ring (bicyclic) bond motifs is 2. The topological polar surface area (TPSA) is 88.8 Å². The van der Waals surface area contributed by atoms with E-state index in [2.05, 4.69) is 34.4 Å². The molecule has 3 aliphatic heterocycles. The summed E-state index contributed by atoms with van der Waals surface area (Å²) in [5.74, 6) is -1.07. The lowest BCUT2D eigenvalue weighted by Gasteiger charge is -2.42. The van der Waals surface area contributed by atoms with Crippen LogP contribution < -0.4 is 14.5 Å². The SMILES string of the molecule is C=C(F)C(=O)N1CCN(c2nc(OC[C@@H]3CCCN3C)nc3c2CCN(c2cccc4ccc(Cl)c(Cl)c24)C3)C[C@@H]1CC#N. The van der Waals surface area contributed by atoms with Gasteiger partial charge in [0.05, 0.1) is 40.8 Å². The number of nitrogens with zero attached hydrogens (tertiary/aromatic N) is 7. The lowest BCUT2D eigenvalue weighted by Crippen LogP contribution is -2.55. The number of carbonyl (C=O) groups is 1. The van der Waals surface area contributed by atoms with Crippen molar-refractivity contribution in [3.05, 3.63) is 64.0 Å². The number of halogens is 3. The van der Waals surface area contributed by atoms with Gasteiger partial charge in [0.1, 0.15) is 12.4 Å². The second-order valence-electron chi connectivity index (χ2n) is 11.6. The van der Waals surface area contributed by atoms with Crippen LogP contribution in [0, 0.1) is 11.3 Å². The molecule has 4 heterocycles. The summed E-state index contributed by atoms with van der Waals surface area (Å²) in [4.78, 5) is 30.4. The van der Waals surface area contributed by atoms with Crippen molar-refractivity contribution in [2.24, 2.45) is 0 Å². The van der Waals surface area contributed by atoms with Crippen LogP contribution in [0.4, 0.5) is 15.9 Å². The molecule has 1 aromatic heterocycles. The Morgan fingerprint density at radius 2 is 1.98 bits per heavy atom. The van der Waals surface area contributed by atoms with Gasteiger partial charge >= 0.3 is 6.01 Å². The van der Waals surface area contributed by atoms with E-state index in [1.54, 1.807) is 0 Å². The summed E-state index contributed by atoms with van der Waals surface area (Å²) in [6, 6.07) is 12.1. The summed E-state index contributed by atoms with van der Waals surface area (Å²) in [5, 5.41) is 12.4. The molecule has 1 amide bonds. The number of piperazine rings is 1. The zero-order valence-electron chi connectivity index (χ0n) is 24.6. The minimum atomic E-state index is -1.02. The molecule has 0 bridgehead atoms. The molecule has 0 unspecified atom stereocenters. The van der Waals surface area contributed by atoms with Gasteiger partial charge in [0, 0.05) is 48.9 Å². The van der Waals surface area contributed by atoms with Gasteiger partial charge in [-0.1, -0.05) is 48.0 Å². The molecule has 230 valence electrons. The third-order valence-corrected chi connectivity index (χ3v) is 9.76. The Bertz CT molecular complexity index is 1650. The molecule has 3 aromatic rings. The monoisotopic (exact) mass is 637 g/mol. The molecule has 6 rings (SSSR count). The largest absolute Gasteiger partial charge is 0.462 e. The van der Waals surface area contributed by atoms with E-state index in [1.165, 1.54) is 4.90 Å². The standard InChI is InChI=1S/C32H34Cl2FN7O2/c1-20(35)31(43)42-16-15-41(17-22(42)10-12-36)30-24-11-14-40(27-7-3-5-21-8-9-25(33)29(34)28(21)27)18-26(24)37-32(38-30)44-19-23-6-4-13-39(23)2/h3,5,7-9,22-23H,1,4,6,10-11,13-19H2,2H3/t22-,23-/m0/s1. The lowest BCUT2D eigenvalue weighted by molar-refractivity contribution is -0.131. The summed E-state index contributed by atoms with van der Waals surface area (Å²) < 4.78 is 20.1. The Kier molecular flexibility index (Phi) is 8.81. The second-order valence-corrected chi connectivity index (χ2v) is 12.4. The van der Waals surface area contributed by atoms with Crippen LogP contribution in [0.2, 0.25) is 10.0 Å². The van der Waals surface area contributed by atoms with Crippen molar-refractivity contribution in [3.63, 3.8) is 0 Å². The van der Waals surface area contributed by atoms with Crippen molar-refractivity contribution in [2.45, 2.75) is 44.3 Å². The number of amides is 1. The van der Waals surface area contributed by atoms with Gasteiger partial charge in [0.25, 0.3) is 5.91 Å². The maximum Gasteiger partial charge on any atom is 0.318 e. The highest BCUT2D eigenvalue weighted by molar-refractivity contribution is 6.46. The Balaban J connectivity index is 1.35. The number of likely N-dealkylation sites (tertiary alicyclic amines) is 1. The molecule has 0 radical (unpaired) electrons. The minimum absolute atomic E-state index is 0.0678. The van der Waals surface area contributed by atoms with Gasteiger partial charge in [-0.2, -0.15) is 15.2 Å². The first-order valence-corrected chi connectivity index (χ1v) is 15.6. The van der Waals surface area contributed by atoms with Crippen LogP contribution in [0.5, 0.6) is 6.01 Å². The molecular formula is C32H34Cl2FN7O2. The molecule has 2 fully saturated rings. The first-order chi connectivity index (χ1) is 21.2. The molecule has 9 nitrogen and oxygen atoms in total. The van der Waals surface area contributed by atoms with Gasteiger partial charge in [-0.15, -0.1) is 0 Å². The number of rotatable bonds is 7. The minimum Gasteiger partial charge on any atom is -0.462 e. The van der Waals surface area contributed by atoms with Crippen LogP contribution in [0.1, 0.15) is 30.5 Å². The first kappa shape index (κ1) is 30.4.